The van der Waals surface area contributed by atoms with E-state index in [9.17, 15) is 4.79 Å². The van der Waals surface area contributed by atoms with Gasteiger partial charge in [0.15, 0.2) is 0 Å². The summed E-state index contributed by atoms with van der Waals surface area (Å²) in [4.78, 5) is 12.8. The number of rotatable bonds is 6. The summed E-state index contributed by atoms with van der Waals surface area (Å²) in [7, 11) is 0. The first-order chi connectivity index (χ1) is 7.65. The number of nitrogens with zero attached hydrogens (tertiary/aromatic N) is 1. The van der Waals surface area contributed by atoms with Crippen molar-refractivity contribution in [3.05, 3.63) is 35.9 Å². The van der Waals surface area contributed by atoms with Crippen LogP contribution in [-0.4, -0.2) is 29.1 Å². The fourth-order valence-electron chi connectivity index (χ4n) is 1.81. The molecule has 1 aromatic carbocycles. The zero-order valence-corrected chi connectivity index (χ0v) is 11.1. The van der Waals surface area contributed by atoms with Gasteiger partial charge in [-0.3, -0.25) is 9.69 Å². The molecule has 0 saturated carbocycles. The van der Waals surface area contributed by atoms with Crippen LogP contribution in [0.2, 0.25) is 0 Å². The largest absolute Gasteiger partial charge is 0.480 e. The molecule has 17 heavy (non-hydrogen) atoms. The SMILES string of the molecule is CCCN(CC(=O)O)C(C)c1ccccc1.Cl. The highest BCUT2D eigenvalue weighted by atomic mass is 35.5. The summed E-state index contributed by atoms with van der Waals surface area (Å²) in [6.07, 6.45) is 0.963. The Morgan fingerprint density at radius 3 is 2.41 bits per heavy atom. The minimum Gasteiger partial charge on any atom is -0.480 e. The number of benzene rings is 1. The van der Waals surface area contributed by atoms with Crippen LogP contribution in [0.3, 0.4) is 0 Å². The van der Waals surface area contributed by atoms with Gasteiger partial charge in [0.1, 0.15) is 0 Å². The lowest BCUT2D eigenvalue weighted by Crippen LogP contribution is -2.33. The lowest BCUT2D eigenvalue weighted by atomic mass is 10.1. The molecule has 1 rings (SSSR count). The summed E-state index contributed by atoms with van der Waals surface area (Å²) in [5.74, 6) is -0.767. The molecular formula is C13H20ClNO2. The maximum Gasteiger partial charge on any atom is 0.317 e. The van der Waals surface area contributed by atoms with Crippen molar-refractivity contribution in [2.24, 2.45) is 0 Å². The maximum atomic E-state index is 10.8. The highest BCUT2D eigenvalue weighted by molar-refractivity contribution is 5.85. The van der Waals surface area contributed by atoms with E-state index >= 15 is 0 Å². The molecule has 0 amide bonds. The van der Waals surface area contributed by atoms with E-state index < -0.39 is 5.97 Å². The zero-order chi connectivity index (χ0) is 12.0. The molecule has 0 aliphatic carbocycles. The third-order valence-electron chi connectivity index (χ3n) is 2.68. The van der Waals surface area contributed by atoms with Gasteiger partial charge in [0, 0.05) is 6.04 Å². The number of halogens is 1. The van der Waals surface area contributed by atoms with Gasteiger partial charge in [-0.2, -0.15) is 0 Å². The lowest BCUT2D eigenvalue weighted by Gasteiger charge is -2.27. The second kappa shape index (κ2) is 8.09. The Labute approximate surface area is 109 Å². The van der Waals surface area contributed by atoms with Crippen molar-refractivity contribution in [1.29, 1.82) is 0 Å². The summed E-state index contributed by atoms with van der Waals surface area (Å²) < 4.78 is 0. The van der Waals surface area contributed by atoms with Crippen molar-refractivity contribution in [3.8, 4) is 0 Å². The van der Waals surface area contributed by atoms with Crippen LogP contribution < -0.4 is 0 Å². The highest BCUT2D eigenvalue weighted by Gasteiger charge is 2.17. The van der Waals surface area contributed by atoms with Gasteiger partial charge in [-0.1, -0.05) is 37.3 Å². The summed E-state index contributed by atoms with van der Waals surface area (Å²) in [6, 6.07) is 10.2. The van der Waals surface area contributed by atoms with Gasteiger partial charge >= 0.3 is 5.97 Å². The molecule has 0 spiro atoms. The first kappa shape index (κ1) is 15.9. The van der Waals surface area contributed by atoms with E-state index in [0.29, 0.717) is 0 Å². The second-order valence-corrected chi connectivity index (χ2v) is 3.95. The summed E-state index contributed by atoms with van der Waals surface area (Å²) in [6.45, 7) is 5.02. The van der Waals surface area contributed by atoms with Crippen molar-refractivity contribution < 1.29 is 9.90 Å². The monoisotopic (exact) mass is 257 g/mol. The Kier molecular flexibility index (Phi) is 7.59. The quantitative estimate of drug-likeness (QED) is 0.852. The van der Waals surface area contributed by atoms with E-state index in [1.807, 2.05) is 42.2 Å². The topological polar surface area (TPSA) is 40.5 Å². The van der Waals surface area contributed by atoms with Crippen molar-refractivity contribution in [3.63, 3.8) is 0 Å². The van der Waals surface area contributed by atoms with Crippen LogP contribution in [0.5, 0.6) is 0 Å². The second-order valence-electron chi connectivity index (χ2n) is 3.95. The predicted octanol–water partition coefficient (Wildman–Crippen LogP) is 2.97. The molecule has 4 heteroatoms. The standard InChI is InChI=1S/C13H19NO2.ClH/c1-3-9-14(10-13(15)16)11(2)12-7-5-4-6-8-12;/h4-8,11H,3,9-10H2,1-2H3,(H,15,16);1H. The first-order valence-corrected chi connectivity index (χ1v) is 5.66. The van der Waals surface area contributed by atoms with Gasteiger partial charge in [0.25, 0.3) is 0 Å². The van der Waals surface area contributed by atoms with Crippen LogP contribution in [0.15, 0.2) is 30.3 Å². The molecule has 0 aliphatic heterocycles. The van der Waals surface area contributed by atoms with Crippen LogP contribution in [0.25, 0.3) is 0 Å². The average molecular weight is 258 g/mol. The minimum absolute atomic E-state index is 0. The van der Waals surface area contributed by atoms with E-state index in [2.05, 4.69) is 6.92 Å². The molecule has 3 nitrogen and oxygen atoms in total. The molecule has 0 fully saturated rings. The molecule has 1 unspecified atom stereocenters. The van der Waals surface area contributed by atoms with Crippen LogP contribution in [0, 0.1) is 0 Å². The molecule has 0 saturated heterocycles. The first-order valence-electron chi connectivity index (χ1n) is 5.66. The maximum absolute atomic E-state index is 10.8. The summed E-state index contributed by atoms with van der Waals surface area (Å²) in [5.41, 5.74) is 1.16. The normalized spacial score (nSPS) is 11.9. The average Bonchev–Trinajstić information content (AvgIpc) is 2.28. The van der Waals surface area contributed by atoms with Gasteiger partial charge in [-0.15, -0.1) is 12.4 Å². The molecule has 0 aromatic heterocycles. The molecule has 96 valence electrons. The molecule has 1 N–H and O–H groups in total. The van der Waals surface area contributed by atoms with Crippen LogP contribution >= 0.6 is 12.4 Å². The Morgan fingerprint density at radius 1 is 1.35 bits per heavy atom. The summed E-state index contributed by atoms with van der Waals surface area (Å²) >= 11 is 0. The number of aliphatic carboxylic acids is 1. The van der Waals surface area contributed by atoms with E-state index in [1.54, 1.807) is 0 Å². The van der Waals surface area contributed by atoms with Gasteiger partial charge in [0.2, 0.25) is 0 Å². The van der Waals surface area contributed by atoms with E-state index in [1.165, 1.54) is 0 Å². The van der Waals surface area contributed by atoms with E-state index in [4.69, 9.17) is 5.11 Å². The third-order valence-corrected chi connectivity index (χ3v) is 2.68. The van der Waals surface area contributed by atoms with Crippen molar-refractivity contribution in [2.45, 2.75) is 26.3 Å². The molecule has 0 radical (unpaired) electrons. The Hall–Kier alpha value is -1.06. The van der Waals surface area contributed by atoms with Gasteiger partial charge in [-0.25, -0.2) is 0 Å². The molecular weight excluding hydrogens is 238 g/mol. The predicted molar refractivity (Wildman–Crippen MR) is 71.6 cm³/mol. The number of carboxylic acids is 1. The number of hydrogen-bond donors (Lipinski definition) is 1. The Morgan fingerprint density at radius 2 is 1.94 bits per heavy atom. The Bertz CT molecular complexity index is 329. The fourth-order valence-corrected chi connectivity index (χ4v) is 1.81. The minimum atomic E-state index is -0.767. The fraction of sp³-hybridized carbons (Fsp3) is 0.462. The van der Waals surface area contributed by atoms with E-state index in [-0.39, 0.29) is 25.0 Å². The molecule has 0 aliphatic rings. The number of hydrogen-bond acceptors (Lipinski definition) is 2. The van der Waals surface area contributed by atoms with Crippen molar-refractivity contribution >= 4 is 18.4 Å². The van der Waals surface area contributed by atoms with Crippen molar-refractivity contribution in [2.75, 3.05) is 13.1 Å². The Balaban J connectivity index is 0.00000256. The summed E-state index contributed by atoms with van der Waals surface area (Å²) in [5, 5.41) is 8.86. The molecule has 0 bridgehead atoms. The van der Waals surface area contributed by atoms with Crippen LogP contribution in [-0.2, 0) is 4.79 Å². The molecule has 0 heterocycles. The smallest absolute Gasteiger partial charge is 0.317 e. The van der Waals surface area contributed by atoms with Gasteiger partial charge in [-0.05, 0) is 25.5 Å². The number of carboxylic acid groups (broad SMARTS) is 1. The molecule has 1 aromatic rings. The number of carbonyl (C=O) groups is 1. The third kappa shape index (κ3) is 5.20. The highest BCUT2D eigenvalue weighted by Crippen LogP contribution is 2.19. The van der Waals surface area contributed by atoms with E-state index in [0.717, 1.165) is 18.5 Å². The van der Waals surface area contributed by atoms with Crippen molar-refractivity contribution in [1.82, 2.24) is 4.90 Å². The molecule has 1 atom stereocenters. The zero-order valence-electron chi connectivity index (χ0n) is 10.3. The van der Waals surface area contributed by atoms with Crippen LogP contribution in [0.1, 0.15) is 31.9 Å². The van der Waals surface area contributed by atoms with Gasteiger partial charge in [0.05, 0.1) is 6.54 Å². The van der Waals surface area contributed by atoms with Crippen LogP contribution in [0.4, 0.5) is 0 Å². The lowest BCUT2D eigenvalue weighted by molar-refractivity contribution is -0.138. The van der Waals surface area contributed by atoms with Gasteiger partial charge < -0.3 is 5.11 Å².